The number of rotatable bonds is 2. The van der Waals surface area contributed by atoms with Crippen LogP contribution in [-0.4, -0.2) is 17.7 Å². The standard InChI is InChI=1S/C15H11ClO3/c16-10-4-5-11(13(8-10)15(17)18)12-3-1-2-9-6-7-19-14(9)12/h1-5,8H,6-7H2,(H,17,18). The van der Waals surface area contributed by atoms with Gasteiger partial charge in [0.25, 0.3) is 0 Å². The lowest BCUT2D eigenvalue weighted by atomic mass is 9.97. The molecule has 0 aromatic heterocycles. The van der Waals surface area contributed by atoms with Gasteiger partial charge in [-0.1, -0.05) is 35.9 Å². The highest BCUT2D eigenvalue weighted by molar-refractivity contribution is 6.31. The normalized spacial score (nSPS) is 12.9. The number of benzene rings is 2. The number of para-hydroxylation sites is 1. The first-order valence-corrected chi connectivity index (χ1v) is 6.32. The summed E-state index contributed by atoms with van der Waals surface area (Å²) in [6, 6.07) is 10.7. The van der Waals surface area contributed by atoms with E-state index in [1.165, 1.54) is 6.07 Å². The Morgan fingerprint density at radius 1 is 1.21 bits per heavy atom. The number of halogens is 1. The van der Waals surface area contributed by atoms with Crippen LogP contribution >= 0.6 is 11.6 Å². The van der Waals surface area contributed by atoms with E-state index in [4.69, 9.17) is 16.3 Å². The Morgan fingerprint density at radius 2 is 2.05 bits per heavy atom. The summed E-state index contributed by atoms with van der Waals surface area (Å²) in [6.45, 7) is 0.641. The van der Waals surface area contributed by atoms with Crippen LogP contribution in [0.25, 0.3) is 11.1 Å². The van der Waals surface area contributed by atoms with Gasteiger partial charge in [-0.25, -0.2) is 4.79 Å². The first-order chi connectivity index (χ1) is 9.16. The first kappa shape index (κ1) is 12.1. The lowest BCUT2D eigenvalue weighted by Gasteiger charge is -2.11. The fourth-order valence-corrected chi connectivity index (χ4v) is 2.53. The summed E-state index contributed by atoms with van der Waals surface area (Å²) in [4.78, 5) is 11.3. The van der Waals surface area contributed by atoms with Gasteiger partial charge < -0.3 is 9.84 Å². The Balaban J connectivity index is 2.23. The summed E-state index contributed by atoms with van der Waals surface area (Å²) in [5.41, 5.74) is 2.75. The molecule has 0 saturated carbocycles. The van der Waals surface area contributed by atoms with Crippen molar-refractivity contribution in [3.8, 4) is 16.9 Å². The van der Waals surface area contributed by atoms with Gasteiger partial charge in [-0.15, -0.1) is 0 Å². The number of hydrogen-bond acceptors (Lipinski definition) is 2. The Labute approximate surface area is 115 Å². The molecule has 3 rings (SSSR count). The largest absolute Gasteiger partial charge is 0.492 e. The molecule has 0 atom stereocenters. The minimum absolute atomic E-state index is 0.191. The fourth-order valence-electron chi connectivity index (χ4n) is 2.36. The van der Waals surface area contributed by atoms with Crippen LogP contribution in [0.3, 0.4) is 0 Å². The molecule has 96 valence electrons. The molecular weight excluding hydrogens is 264 g/mol. The second-order valence-corrected chi connectivity index (χ2v) is 4.82. The molecule has 2 aromatic carbocycles. The minimum Gasteiger partial charge on any atom is -0.492 e. The monoisotopic (exact) mass is 274 g/mol. The topological polar surface area (TPSA) is 46.5 Å². The van der Waals surface area contributed by atoms with E-state index < -0.39 is 5.97 Å². The van der Waals surface area contributed by atoms with E-state index in [1.54, 1.807) is 12.1 Å². The third-order valence-corrected chi connectivity index (χ3v) is 3.45. The summed E-state index contributed by atoms with van der Waals surface area (Å²) < 4.78 is 5.62. The molecule has 1 N–H and O–H groups in total. The Kier molecular flexibility index (Phi) is 2.91. The molecule has 0 amide bonds. The predicted octanol–water partition coefficient (Wildman–Crippen LogP) is 3.64. The van der Waals surface area contributed by atoms with E-state index in [0.29, 0.717) is 17.2 Å². The van der Waals surface area contributed by atoms with Crippen molar-refractivity contribution in [2.24, 2.45) is 0 Å². The summed E-state index contributed by atoms with van der Waals surface area (Å²) in [7, 11) is 0. The smallest absolute Gasteiger partial charge is 0.336 e. The minimum atomic E-state index is -0.992. The van der Waals surface area contributed by atoms with Gasteiger partial charge in [-0.2, -0.15) is 0 Å². The molecule has 19 heavy (non-hydrogen) atoms. The van der Waals surface area contributed by atoms with Gasteiger partial charge in [-0.3, -0.25) is 0 Å². The van der Waals surface area contributed by atoms with E-state index >= 15 is 0 Å². The van der Waals surface area contributed by atoms with Crippen LogP contribution in [0, 0.1) is 0 Å². The zero-order valence-corrected chi connectivity index (χ0v) is 10.8. The highest BCUT2D eigenvalue weighted by Crippen LogP contribution is 2.38. The SMILES string of the molecule is O=C(O)c1cc(Cl)ccc1-c1cccc2c1OCC2. The van der Waals surface area contributed by atoms with Gasteiger partial charge in [0.1, 0.15) is 5.75 Å². The van der Waals surface area contributed by atoms with E-state index in [2.05, 4.69) is 0 Å². The number of hydrogen-bond donors (Lipinski definition) is 1. The third-order valence-electron chi connectivity index (χ3n) is 3.22. The Morgan fingerprint density at radius 3 is 2.84 bits per heavy atom. The summed E-state index contributed by atoms with van der Waals surface area (Å²) in [5, 5.41) is 9.71. The maximum absolute atomic E-state index is 11.3. The number of fused-ring (bicyclic) bond motifs is 1. The molecule has 0 aliphatic carbocycles. The Hall–Kier alpha value is -2.00. The average molecular weight is 275 g/mol. The number of ether oxygens (including phenoxy) is 1. The molecule has 0 fully saturated rings. The van der Waals surface area contributed by atoms with Crippen molar-refractivity contribution in [1.82, 2.24) is 0 Å². The first-order valence-electron chi connectivity index (χ1n) is 5.95. The maximum atomic E-state index is 11.3. The van der Waals surface area contributed by atoms with Crippen molar-refractivity contribution in [3.05, 3.63) is 52.5 Å². The third kappa shape index (κ3) is 2.06. The molecule has 1 heterocycles. The van der Waals surface area contributed by atoms with E-state index in [1.807, 2.05) is 18.2 Å². The highest BCUT2D eigenvalue weighted by Gasteiger charge is 2.20. The second kappa shape index (κ2) is 4.59. The van der Waals surface area contributed by atoms with Crippen LogP contribution in [0.2, 0.25) is 5.02 Å². The van der Waals surface area contributed by atoms with E-state index in [-0.39, 0.29) is 5.56 Å². The zero-order chi connectivity index (χ0) is 13.4. The zero-order valence-electron chi connectivity index (χ0n) is 10.0. The van der Waals surface area contributed by atoms with Crippen molar-refractivity contribution in [1.29, 1.82) is 0 Å². The van der Waals surface area contributed by atoms with Gasteiger partial charge in [0.2, 0.25) is 0 Å². The quantitative estimate of drug-likeness (QED) is 0.909. The van der Waals surface area contributed by atoms with Gasteiger partial charge in [0.15, 0.2) is 0 Å². The summed E-state index contributed by atoms with van der Waals surface area (Å²) >= 11 is 5.87. The molecule has 0 radical (unpaired) electrons. The van der Waals surface area contributed by atoms with Crippen molar-refractivity contribution in [3.63, 3.8) is 0 Å². The molecule has 1 aliphatic heterocycles. The van der Waals surface area contributed by atoms with Crippen LogP contribution < -0.4 is 4.74 Å². The van der Waals surface area contributed by atoms with Gasteiger partial charge in [-0.05, 0) is 23.3 Å². The number of carboxylic acid groups (broad SMARTS) is 1. The van der Waals surface area contributed by atoms with Crippen molar-refractivity contribution < 1.29 is 14.6 Å². The maximum Gasteiger partial charge on any atom is 0.336 e. The predicted molar refractivity (Wildman–Crippen MR) is 73.0 cm³/mol. The molecule has 4 heteroatoms. The fraction of sp³-hybridized carbons (Fsp3) is 0.133. The molecule has 0 unspecified atom stereocenters. The van der Waals surface area contributed by atoms with Crippen LogP contribution in [0.5, 0.6) is 5.75 Å². The second-order valence-electron chi connectivity index (χ2n) is 4.39. The summed E-state index contributed by atoms with van der Waals surface area (Å²) in [5.74, 6) is -0.208. The van der Waals surface area contributed by atoms with Crippen molar-refractivity contribution in [2.75, 3.05) is 6.61 Å². The molecule has 2 aromatic rings. The Bertz CT molecular complexity index is 664. The summed E-state index contributed by atoms with van der Waals surface area (Å²) in [6.07, 6.45) is 0.860. The molecule has 3 nitrogen and oxygen atoms in total. The van der Waals surface area contributed by atoms with Crippen LogP contribution in [0.1, 0.15) is 15.9 Å². The van der Waals surface area contributed by atoms with E-state index in [0.717, 1.165) is 23.3 Å². The molecular formula is C15H11ClO3. The molecule has 1 aliphatic rings. The van der Waals surface area contributed by atoms with Gasteiger partial charge >= 0.3 is 5.97 Å². The number of carboxylic acids is 1. The average Bonchev–Trinajstić information content (AvgIpc) is 2.86. The lowest BCUT2D eigenvalue weighted by molar-refractivity contribution is 0.0697. The van der Waals surface area contributed by atoms with Crippen molar-refractivity contribution >= 4 is 17.6 Å². The van der Waals surface area contributed by atoms with Crippen molar-refractivity contribution in [2.45, 2.75) is 6.42 Å². The molecule has 0 bridgehead atoms. The number of aromatic carboxylic acids is 1. The van der Waals surface area contributed by atoms with E-state index in [9.17, 15) is 9.90 Å². The molecule has 0 saturated heterocycles. The lowest BCUT2D eigenvalue weighted by Crippen LogP contribution is -2.00. The number of carbonyl (C=O) groups is 1. The van der Waals surface area contributed by atoms with Gasteiger partial charge in [0.05, 0.1) is 12.2 Å². The van der Waals surface area contributed by atoms with Crippen LogP contribution in [0.15, 0.2) is 36.4 Å². The van der Waals surface area contributed by atoms with Gasteiger partial charge in [0, 0.05) is 17.0 Å². The highest BCUT2D eigenvalue weighted by atomic mass is 35.5. The van der Waals surface area contributed by atoms with Crippen LogP contribution in [-0.2, 0) is 6.42 Å². The molecule has 0 spiro atoms. The van der Waals surface area contributed by atoms with Crippen LogP contribution in [0.4, 0.5) is 0 Å².